The van der Waals surface area contributed by atoms with E-state index in [1.807, 2.05) is 20.8 Å². The van der Waals surface area contributed by atoms with Gasteiger partial charge in [0.05, 0.1) is 4.47 Å². The van der Waals surface area contributed by atoms with E-state index in [4.69, 9.17) is 10.5 Å². The Morgan fingerprint density at radius 2 is 1.90 bits per heavy atom. The SMILES string of the molecule is CC(C)(C)c1nc(N)cc(Oc2ccc(F)c(Br)c2)n1. The average molecular weight is 340 g/mol. The number of nitrogens with two attached hydrogens (primary N) is 1. The Balaban J connectivity index is 2.33. The molecule has 0 saturated carbocycles. The maximum absolute atomic E-state index is 13.2. The van der Waals surface area contributed by atoms with Crippen molar-refractivity contribution in [2.45, 2.75) is 26.2 Å². The quantitative estimate of drug-likeness (QED) is 0.896. The molecule has 0 aliphatic heterocycles. The second-order valence-corrected chi connectivity index (χ2v) is 6.24. The summed E-state index contributed by atoms with van der Waals surface area (Å²) in [5.74, 6) is 1.38. The van der Waals surface area contributed by atoms with Gasteiger partial charge in [-0.1, -0.05) is 20.8 Å². The molecule has 6 heteroatoms. The number of hydrogen-bond acceptors (Lipinski definition) is 4. The summed E-state index contributed by atoms with van der Waals surface area (Å²) in [6.07, 6.45) is 0. The van der Waals surface area contributed by atoms with Gasteiger partial charge in [-0.15, -0.1) is 0 Å². The van der Waals surface area contributed by atoms with Gasteiger partial charge in [0.15, 0.2) is 0 Å². The van der Waals surface area contributed by atoms with E-state index in [9.17, 15) is 4.39 Å². The molecule has 0 unspecified atom stereocenters. The minimum Gasteiger partial charge on any atom is -0.439 e. The van der Waals surface area contributed by atoms with Crippen molar-refractivity contribution in [3.05, 3.63) is 40.4 Å². The lowest BCUT2D eigenvalue weighted by molar-refractivity contribution is 0.445. The first-order valence-corrected chi connectivity index (χ1v) is 6.83. The van der Waals surface area contributed by atoms with Gasteiger partial charge < -0.3 is 10.5 Å². The molecule has 4 nitrogen and oxygen atoms in total. The Morgan fingerprint density at radius 3 is 2.50 bits per heavy atom. The first-order chi connectivity index (χ1) is 9.25. The topological polar surface area (TPSA) is 61.0 Å². The number of nitrogen functional groups attached to an aromatic ring is 1. The summed E-state index contributed by atoms with van der Waals surface area (Å²) in [6, 6.07) is 5.90. The Hall–Kier alpha value is -1.69. The molecule has 1 aromatic carbocycles. The largest absolute Gasteiger partial charge is 0.439 e. The number of nitrogens with zero attached hydrogens (tertiary/aromatic N) is 2. The Bertz CT molecular complexity index is 641. The van der Waals surface area contributed by atoms with Crippen molar-refractivity contribution in [2.24, 2.45) is 0 Å². The zero-order chi connectivity index (χ0) is 14.9. The van der Waals surface area contributed by atoms with Gasteiger partial charge >= 0.3 is 0 Å². The molecular formula is C14H15BrFN3O. The average Bonchev–Trinajstić information content (AvgIpc) is 2.32. The molecule has 2 aromatic rings. The van der Waals surface area contributed by atoms with Crippen molar-refractivity contribution in [1.29, 1.82) is 0 Å². The van der Waals surface area contributed by atoms with Gasteiger partial charge in [-0.2, -0.15) is 4.98 Å². The van der Waals surface area contributed by atoms with Crippen molar-refractivity contribution in [2.75, 3.05) is 5.73 Å². The molecular weight excluding hydrogens is 325 g/mol. The highest BCUT2D eigenvalue weighted by atomic mass is 79.9. The van der Waals surface area contributed by atoms with Crippen molar-refractivity contribution >= 4 is 21.7 Å². The molecule has 0 bridgehead atoms. The molecule has 1 heterocycles. The summed E-state index contributed by atoms with van der Waals surface area (Å²) < 4.78 is 19.1. The lowest BCUT2D eigenvalue weighted by Gasteiger charge is -2.17. The lowest BCUT2D eigenvalue weighted by atomic mass is 9.96. The second kappa shape index (κ2) is 5.36. The van der Waals surface area contributed by atoms with E-state index in [0.29, 0.717) is 27.7 Å². The molecule has 0 spiro atoms. The smallest absolute Gasteiger partial charge is 0.224 e. The van der Waals surface area contributed by atoms with E-state index in [2.05, 4.69) is 25.9 Å². The fourth-order valence-corrected chi connectivity index (χ4v) is 1.85. The van der Waals surface area contributed by atoms with E-state index in [1.165, 1.54) is 24.3 Å². The third-order valence-corrected chi connectivity index (χ3v) is 3.11. The fraction of sp³-hybridized carbons (Fsp3) is 0.286. The Labute approximate surface area is 125 Å². The van der Waals surface area contributed by atoms with Gasteiger partial charge in [-0.05, 0) is 34.1 Å². The predicted molar refractivity (Wildman–Crippen MR) is 79.3 cm³/mol. The summed E-state index contributed by atoms with van der Waals surface area (Å²) >= 11 is 3.11. The van der Waals surface area contributed by atoms with Gasteiger partial charge in [-0.25, -0.2) is 9.37 Å². The van der Waals surface area contributed by atoms with Crippen LogP contribution in [0.2, 0.25) is 0 Å². The maximum atomic E-state index is 13.2. The van der Waals surface area contributed by atoms with Crippen LogP contribution in [0, 0.1) is 5.82 Å². The number of aromatic nitrogens is 2. The molecule has 0 fully saturated rings. The number of benzene rings is 1. The van der Waals surface area contributed by atoms with Gasteiger partial charge in [0, 0.05) is 11.5 Å². The third-order valence-electron chi connectivity index (χ3n) is 2.51. The monoisotopic (exact) mass is 339 g/mol. The number of rotatable bonds is 2. The highest BCUT2D eigenvalue weighted by molar-refractivity contribution is 9.10. The van der Waals surface area contributed by atoms with Gasteiger partial charge in [0.25, 0.3) is 0 Å². The molecule has 2 N–H and O–H groups in total. The van der Waals surface area contributed by atoms with Crippen LogP contribution in [0.4, 0.5) is 10.2 Å². The van der Waals surface area contributed by atoms with Crippen molar-refractivity contribution in [3.63, 3.8) is 0 Å². The number of ether oxygens (including phenoxy) is 1. The Morgan fingerprint density at radius 1 is 1.20 bits per heavy atom. The standard InChI is InChI=1S/C14H15BrFN3O/c1-14(2,3)13-18-11(17)7-12(19-13)20-8-4-5-10(16)9(15)6-8/h4-7H,1-3H3,(H2,17,18,19). The summed E-state index contributed by atoms with van der Waals surface area (Å²) in [4.78, 5) is 8.53. The molecule has 0 radical (unpaired) electrons. The second-order valence-electron chi connectivity index (χ2n) is 5.38. The summed E-state index contributed by atoms with van der Waals surface area (Å²) in [5.41, 5.74) is 5.52. The first-order valence-electron chi connectivity index (χ1n) is 6.03. The van der Waals surface area contributed by atoms with E-state index < -0.39 is 0 Å². The van der Waals surface area contributed by atoms with Crippen LogP contribution in [0.25, 0.3) is 0 Å². The van der Waals surface area contributed by atoms with Gasteiger partial charge in [-0.3, -0.25) is 0 Å². The van der Waals surface area contributed by atoms with Crippen molar-refractivity contribution in [1.82, 2.24) is 9.97 Å². The summed E-state index contributed by atoms with van der Waals surface area (Å²) in [7, 11) is 0. The molecule has 106 valence electrons. The molecule has 0 saturated heterocycles. The van der Waals surface area contributed by atoms with Gasteiger partial charge in [0.1, 0.15) is 23.2 Å². The molecule has 0 aliphatic rings. The highest BCUT2D eigenvalue weighted by Crippen LogP contribution is 2.28. The van der Waals surface area contributed by atoms with Gasteiger partial charge in [0.2, 0.25) is 5.88 Å². The predicted octanol–water partition coefficient (Wildman–Crippen LogP) is 4.05. The fourth-order valence-electron chi connectivity index (χ4n) is 1.49. The molecule has 20 heavy (non-hydrogen) atoms. The first kappa shape index (κ1) is 14.7. The highest BCUT2D eigenvalue weighted by Gasteiger charge is 2.19. The summed E-state index contributed by atoms with van der Waals surface area (Å²) in [6.45, 7) is 5.96. The van der Waals surface area contributed by atoms with E-state index in [-0.39, 0.29) is 11.2 Å². The van der Waals surface area contributed by atoms with Crippen LogP contribution in [-0.4, -0.2) is 9.97 Å². The van der Waals surface area contributed by atoms with Crippen LogP contribution in [-0.2, 0) is 5.41 Å². The van der Waals surface area contributed by atoms with E-state index in [1.54, 1.807) is 0 Å². The van der Waals surface area contributed by atoms with E-state index in [0.717, 1.165) is 0 Å². The molecule has 0 amide bonds. The molecule has 1 aromatic heterocycles. The number of anilines is 1. The van der Waals surface area contributed by atoms with Crippen molar-refractivity contribution in [3.8, 4) is 11.6 Å². The lowest BCUT2D eigenvalue weighted by Crippen LogP contribution is -2.17. The number of hydrogen-bond donors (Lipinski definition) is 1. The minimum absolute atomic E-state index is 0.239. The number of halogens is 2. The Kier molecular flexibility index (Phi) is 3.94. The molecule has 0 atom stereocenters. The van der Waals surface area contributed by atoms with Crippen LogP contribution < -0.4 is 10.5 Å². The summed E-state index contributed by atoms with van der Waals surface area (Å²) in [5, 5.41) is 0. The zero-order valence-electron chi connectivity index (χ0n) is 11.4. The van der Waals surface area contributed by atoms with Crippen LogP contribution in [0.1, 0.15) is 26.6 Å². The minimum atomic E-state index is -0.352. The maximum Gasteiger partial charge on any atom is 0.224 e. The van der Waals surface area contributed by atoms with Crippen molar-refractivity contribution < 1.29 is 9.13 Å². The normalized spacial score (nSPS) is 11.4. The zero-order valence-corrected chi connectivity index (χ0v) is 13.0. The van der Waals surface area contributed by atoms with Crippen LogP contribution in [0.5, 0.6) is 11.6 Å². The third kappa shape index (κ3) is 3.45. The van der Waals surface area contributed by atoms with Crippen LogP contribution in [0.3, 0.4) is 0 Å². The van der Waals surface area contributed by atoms with Crippen LogP contribution >= 0.6 is 15.9 Å². The molecule has 0 aliphatic carbocycles. The van der Waals surface area contributed by atoms with E-state index >= 15 is 0 Å². The molecule has 2 rings (SSSR count). The van der Waals surface area contributed by atoms with Crippen LogP contribution in [0.15, 0.2) is 28.7 Å².